The molecular formula is C15H23N5. The van der Waals surface area contributed by atoms with Crippen LogP contribution in [-0.2, 0) is 13.6 Å². The highest BCUT2D eigenvalue weighted by atomic mass is 15.1. The topological polar surface area (TPSA) is 61.7 Å². The fourth-order valence-corrected chi connectivity index (χ4v) is 3.18. The first-order valence-electron chi connectivity index (χ1n) is 7.40. The van der Waals surface area contributed by atoms with Crippen LogP contribution in [0.5, 0.6) is 0 Å². The zero-order valence-corrected chi connectivity index (χ0v) is 12.3. The molecule has 0 aliphatic heterocycles. The van der Waals surface area contributed by atoms with Crippen molar-refractivity contribution in [3.05, 3.63) is 24.4 Å². The summed E-state index contributed by atoms with van der Waals surface area (Å²) in [6.45, 7) is 3.02. The van der Waals surface area contributed by atoms with Gasteiger partial charge >= 0.3 is 0 Å². The third kappa shape index (κ3) is 2.50. The van der Waals surface area contributed by atoms with Gasteiger partial charge in [-0.3, -0.25) is 0 Å². The minimum absolute atomic E-state index is 0.375. The minimum atomic E-state index is 0.375. The van der Waals surface area contributed by atoms with Crippen molar-refractivity contribution in [2.45, 2.75) is 45.2 Å². The van der Waals surface area contributed by atoms with Crippen molar-refractivity contribution in [3.63, 3.8) is 0 Å². The SMILES string of the molecule is Cc1ncc(-c2nccn2C[C@H]2CCC[C@@H](N)C2)n1C. The van der Waals surface area contributed by atoms with Gasteiger partial charge < -0.3 is 14.9 Å². The summed E-state index contributed by atoms with van der Waals surface area (Å²) in [4.78, 5) is 8.88. The third-order valence-corrected chi connectivity index (χ3v) is 4.44. The Labute approximate surface area is 119 Å². The van der Waals surface area contributed by atoms with Crippen LogP contribution in [0.15, 0.2) is 18.6 Å². The highest BCUT2D eigenvalue weighted by Crippen LogP contribution is 2.26. The number of aryl methyl sites for hydroxylation is 1. The van der Waals surface area contributed by atoms with Crippen LogP contribution in [0, 0.1) is 12.8 Å². The van der Waals surface area contributed by atoms with Gasteiger partial charge in [0.05, 0.1) is 6.20 Å². The van der Waals surface area contributed by atoms with Crippen LogP contribution in [0.2, 0.25) is 0 Å². The van der Waals surface area contributed by atoms with E-state index in [1.54, 1.807) is 0 Å². The Morgan fingerprint density at radius 2 is 2.20 bits per heavy atom. The molecule has 2 aromatic heterocycles. The van der Waals surface area contributed by atoms with Crippen LogP contribution in [0.4, 0.5) is 0 Å². The lowest BCUT2D eigenvalue weighted by atomic mass is 9.86. The van der Waals surface area contributed by atoms with Crippen molar-refractivity contribution in [1.29, 1.82) is 0 Å². The second kappa shape index (κ2) is 5.40. The standard InChI is InChI=1S/C15H23N5/c1-11-18-9-14(19(11)2)15-17-6-7-20(15)10-12-4-3-5-13(16)8-12/h6-7,9,12-13H,3-5,8,10,16H2,1-2H3/t12-,13+/m0/s1. The lowest BCUT2D eigenvalue weighted by Gasteiger charge is -2.27. The first-order valence-corrected chi connectivity index (χ1v) is 7.40. The first-order chi connectivity index (χ1) is 9.65. The number of aromatic nitrogens is 4. The minimum Gasteiger partial charge on any atom is -0.329 e. The van der Waals surface area contributed by atoms with Gasteiger partial charge in [-0.15, -0.1) is 0 Å². The van der Waals surface area contributed by atoms with E-state index in [9.17, 15) is 0 Å². The summed E-state index contributed by atoms with van der Waals surface area (Å²) >= 11 is 0. The van der Waals surface area contributed by atoms with Crippen molar-refractivity contribution < 1.29 is 0 Å². The highest BCUT2D eigenvalue weighted by molar-refractivity contribution is 5.49. The molecule has 3 rings (SSSR count). The predicted octanol–water partition coefficient (Wildman–Crippen LogP) is 2.11. The number of hydrogen-bond donors (Lipinski definition) is 1. The van der Waals surface area contributed by atoms with Gasteiger partial charge in [-0.25, -0.2) is 9.97 Å². The molecule has 1 aliphatic rings. The second-order valence-corrected chi connectivity index (χ2v) is 5.95. The molecule has 2 aromatic rings. The van der Waals surface area contributed by atoms with Crippen molar-refractivity contribution in [2.24, 2.45) is 18.7 Å². The van der Waals surface area contributed by atoms with E-state index in [1.165, 1.54) is 19.3 Å². The maximum Gasteiger partial charge on any atom is 0.158 e. The van der Waals surface area contributed by atoms with Crippen molar-refractivity contribution in [2.75, 3.05) is 0 Å². The molecular weight excluding hydrogens is 250 g/mol. The maximum atomic E-state index is 6.09. The summed E-state index contributed by atoms with van der Waals surface area (Å²) in [6, 6.07) is 0.375. The van der Waals surface area contributed by atoms with E-state index in [2.05, 4.69) is 25.3 Å². The predicted molar refractivity (Wildman–Crippen MR) is 79.1 cm³/mol. The highest BCUT2D eigenvalue weighted by Gasteiger charge is 2.21. The zero-order valence-electron chi connectivity index (χ0n) is 12.3. The number of nitrogens with two attached hydrogens (primary N) is 1. The molecule has 0 amide bonds. The Kier molecular flexibility index (Phi) is 3.61. The molecule has 2 N–H and O–H groups in total. The molecule has 2 heterocycles. The smallest absolute Gasteiger partial charge is 0.158 e. The van der Waals surface area contributed by atoms with Crippen LogP contribution < -0.4 is 5.73 Å². The monoisotopic (exact) mass is 273 g/mol. The molecule has 5 heteroatoms. The molecule has 0 saturated heterocycles. The molecule has 20 heavy (non-hydrogen) atoms. The molecule has 1 saturated carbocycles. The lowest BCUT2D eigenvalue weighted by Crippen LogP contribution is -2.29. The Hall–Kier alpha value is -1.62. The molecule has 0 radical (unpaired) electrons. The first kappa shape index (κ1) is 13.4. The molecule has 1 fully saturated rings. The van der Waals surface area contributed by atoms with E-state index in [4.69, 9.17) is 5.73 Å². The van der Waals surface area contributed by atoms with Gasteiger partial charge in [0.25, 0.3) is 0 Å². The summed E-state index contributed by atoms with van der Waals surface area (Å²) in [6.07, 6.45) is 10.7. The molecule has 108 valence electrons. The third-order valence-electron chi connectivity index (χ3n) is 4.44. The Bertz CT molecular complexity index is 583. The summed E-state index contributed by atoms with van der Waals surface area (Å²) in [5, 5.41) is 0. The molecule has 0 bridgehead atoms. The number of nitrogens with zero attached hydrogens (tertiary/aromatic N) is 4. The van der Waals surface area contributed by atoms with E-state index < -0.39 is 0 Å². The molecule has 0 aromatic carbocycles. The van der Waals surface area contributed by atoms with Crippen LogP contribution in [0.25, 0.3) is 11.5 Å². The number of hydrogen-bond acceptors (Lipinski definition) is 3. The fraction of sp³-hybridized carbons (Fsp3) is 0.600. The Morgan fingerprint density at radius 3 is 2.90 bits per heavy atom. The van der Waals surface area contributed by atoms with Gasteiger partial charge in [0.1, 0.15) is 11.5 Å². The number of rotatable bonds is 3. The van der Waals surface area contributed by atoms with Crippen LogP contribution in [0.3, 0.4) is 0 Å². The summed E-state index contributed by atoms with van der Waals surface area (Å²) in [5.74, 6) is 2.68. The quantitative estimate of drug-likeness (QED) is 0.931. The van der Waals surface area contributed by atoms with Gasteiger partial charge in [0, 0.05) is 32.0 Å². The van der Waals surface area contributed by atoms with Crippen molar-refractivity contribution in [3.8, 4) is 11.5 Å². The molecule has 0 spiro atoms. The van der Waals surface area contributed by atoms with Crippen molar-refractivity contribution >= 4 is 0 Å². The molecule has 5 nitrogen and oxygen atoms in total. The summed E-state index contributed by atoms with van der Waals surface area (Å²) in [7, 11) is 2.03. The van der Waals surface area contributed by atoms with Gasteiger partial charge in [0.2, 0.25) is 0 Å². The van der Waals surface area contributed by atoms with E-state index in [0.29, 0.717) is 12.0 Å². The van der Waals surface area contributed by atoms with E-state index in [-0.39, 0.29) is 0 Å². The normalized spacial score (nSPS) is 23.1. The Morgan fingerprint density at radius 1 is 1.35 bits per heavy atom. The van der Waals surface area contributed by atoms with Gasteiger partial charge in [-0.05, 0) is 32.1 Å². The van der Waals surface area contributed by atoms with E-state index >= 15 is 0 Å². The average Bonchev–Trinajstić information content (AvgIpc) is 2.98. The molecule has 1 aliphatic carbocycles. The molecule has 0 unspecified atom stereocenters. The van der Waals surface area contributed by atoms with Gasteiger partial charge in [0.15, 0.2) is 5.82 Å². The van der Waals surface area contributed by atoms with E-state index in [0.717, 1.165) is 30.3 Å². The number of imidazole rings is 2. The molecule has 2 atom stereocenters. The average molecular weight is 273 g/mol. The lowest BCUT2D eigenvalue weighted by molar-refractivity contribution is 0.291. The van der Waals surface area contributed by atoms with Gasteiger partial charge in [-0.2, -0.15) is 0 Å². The van der Waals surface area contributed by atoms with Crippen LogP contribution in [0.1, 0.15) is 31.5 Å². The van der Waals surface area contributed by atoms with E-state index in [1.807, 2.05) is 26.4 Å². The van der Waals surface area contributed by atoms with Crippen LogP contribution in [-0.4, -0.2) is 25.1 Å². The zero-order chi connectivity index (χ0) is 14.1. The maximum absolute atomic E-state index is 6.09. The van der Waals surface area contributed by atoms with Crippen molar-refractivity contribution in [1.82, 2.24) is 19.1 Å². The van der Waals surface area contributed by atoms with Gasteiger partial charge in [-0.1, -0.05) is 6.42 Å². The second-order valence-electron chi connectivity index (χ2n) is 5.95. The summed E-state index contributed by atoms with van der Waals surface area (Å²) in [5.41, 5.74) is 7.17. The summed E-state index contributed by atoms with van der Waals surface area (Å²) < 4.78 is 4.34. The fourth-order valence-electron chi connectivity index (χ4n) is 3.18. The largest absolute Gasteiger partial charge is 0.329 e. The Balaban J connectivity index is 1.82. The van der Waals surface area contributed by atoms with Crippen LogP contribution >= 0.6 is 0 Å².